The minimum atomic E-state index is -0.425. The number of quaternary nitrogens is 1. The molecule has 1 aromatic carbocycles. The van der Waals surface area contributed by atoms with Crippen molar-refractivity contribution in [2.45, 2.75) is 65.5 Å². The molecule has 1 aliphatic rings. The first-order valence-electron chi connectivity index (χ1n) is 12.3. The number of benzene rings is 1. The SMILES string of the molecule is CCCCCCOc1nsnc1C1=CCC[N+](C)(C(C)OC(=O)Cc2ccccc2OC(C)=O)C1.[I-]. The molecule has 0 aliphatic carbocycles. The third kappa shape index (κ3) is 8.52. The molecule has 36 heavy (non-hydrogen) atoms. The van der Waals surface area contributed by atoms with E-state index in [2.05, 4.69) is 28.8 Å². The van der Waals surface area contributed by atoms with Crippen LogP contribution in [0.15, 0.2) is 30.3 Å². The quantitative estimate of drug-likeness (QED) is 0.116. The van der Waals surface area contributed by atoms with Gasteiger partial charge in [0.2, 0.25) is 6.23 Å². The fourth-order valence-electron chi connectivity index (χ4n) is 4.14. The Morgan fingerprint density at radius 2 is 1.94 bits per heavy atom. The number of esters is 2. The summed E-state index contributed by atoms with van der Waals surface area (Å²) in [4.78, 5) is 24.1. The van der Waals surface area contributed by atoms with Crippen LogP contribution in [0.5, 0.6) is 11.6 Å². The molecule has 0 fully saturated rings. The Kier molecular flexibility index (Phi) is 12.3. The van der Waals surface area contributed by atoms with Crippen LogP contribution in [0.1, 0.15) is 64.1 Å². The highest BCUT2D eigenvalue weighted by molar-refractivity contribution is 6.99. The number of carbonyl (C=O) groups excluding carboxylic acids is 2. The van der Waals surface area contributed by atoms with Crippen LogP contribution in [0.2, 0.25) is 0 Å². The van der Waals surface area contributed by atoms with Gasteiger partial charge >= 0.3 is 11.9 Å². The molecule has 0 spiro atoms. The normalized spacial score (nSPS) is 17.9. The van der Waals surface area contributed by atoms with Crippen molar-refractivity contribution >= 4 is 29.2 Å². The molecule has 0 saturated heterocycles. The van der Waals surface area contributed by atoms with Gasteiger partial charge in [-0.05, 0) is 12.5 Å². The summed E-state index contributed by atoms with van der Waals surface area (Å²) >= 11 is 1.16. The van der Waals surface area contributed by atoms with Gasteiger partial charge < -0.3 is 38.2 Å². The third-order valence-corrected chi connectivity index (χ3v) is 6.81. The Bertz CT molecular complexity index is 1040. The molecule has 2 aromatic rings. The van der Waals surface area contributed by atoms with E-state index in [1.165, 1.54) is 19.8 Å². The van der Waals surface area contributed by atoms with Crippen molar-refractivity contribution < 1.29 is 52.3 Å². The monoisotopic (exact) mass is 629 g/mol. The van der Waals surface area contributed by atoms with E-state index in [4.69, 9.17) is 14.2 Å². The number of hydrogen-bond acceptors (Lipinski definition) is 8. The van der Waals surface area contributed by atoms with Crippen LogP contribution in [0.25, 0.3) is 5.57 Å². The zero-order valence-electron chi connectivity index (χ0n) is 21.5. The van der Waals surface area contributed by atoms with Crippen LogP contribution in [0, 0.1) is 0 Å². The van der Waals surface area contributed by atoms with Crippen molar-refractivity contribution in [2.24, 2.45) is 0 Å². The van der Waals surface area contributed by atoms with E-state index < -0.39 is 5.97 Å². The first kappa shape index (κ1) is 30.2. The highest BCUT2D eigenvalue weighted by atomic mass is 127. The van der Waals surface area contributed by atoms with Crippen LogP contribution < -0.4 is 33.5 Å². The number of likely N-dealkylation sites (N-methyl/N-ethyl adjacent to an activating group) is 1. The Morgan fingerprint density at radius 3 is 2.69 bits per heavy atom. The Balaban J connectivity index is 0.00000456. The van der Waals surface area contributed by atoms with Gasteiger partial charge in [0.05, 0.1) is 38.3 Å². The fraction of sp³-hybridized carbons (Fsp3) is 0.538. The maximum absolute atomic E-state index is 12.8. The molecular weight excluding hydrogens is 593 g/mol. The second-order valence-electron chi connectivity index (χ2n) is 9.17. The molecule has 0 N–H and O–H groups in total. The Labute approximate surface area is 235 Å². The molecule has 0 amide bonds. The van der Waals surface area contributed by atoms with E-state index >= 15 is 0 Å². The van der Waals surface area contributed by atoms with Crippen molar-refractivity contribution in [3.05, 3.63) is 41.6 Å². The second kappa shape index (κ2) is 14.6. The highest BCUT2D eigenvalue weighted by Gasteiger charge is 2.36. The van der Waals surface area contributed by atoms with Gasteiger partial charge in [0.25, 0.3) is 5.88 Å². The van der Waals surface area contributed by atoms with E-state index in [0.29, 0.717) is 34.8 Å². The summed E-state index contributed by atoms with van der Waals surface area (Å²) in [6, 6.07) is 7.01. The molecule has 3 rings (SSSR count). The minimum Gasteiger partial charge on any atom is -1.00 e. The number of halogens is 1. The zero-order chi connectivity index (χ0) is 25.3. The zero-order valence-corrected chi connectivity index (χ0v) is 24.5. The first-order chi connectivity index (χ1) is 16.8. The van der Waals surface area contributed by atoms with Crippen molar-refractivity contribution in [1.82, 2.24) is 8.75 Å². The lowest BCUT2D eigenvalue weighted by molar-refractivity contribution is -0.944. The number of aromatic nitrogens is 2. The largest absolute Gasteiger partial charge is 1.00 e. The van der Waals surface area contributed by atoms with Gasteiger partial charge in [0, 0.05) is 31.4 Å². The molecular formula is C26H36IN3O5S. The standard InChI is InChI=1S/C26H36N3O5S.HI/c1-5-6-7-10-16-32-26-25(27-35-28-26)22-13-11-15-29(4,18-22)19(2)33-24(31)17-21-12-8-9-14-23(21)34-20(3)30;/h8-9,12-14,19H,5-7,10-11,15-18H2,1-4H3;1H/q+1;/p-1. The van der Waals surface area contributed by atoms with Gasteiger partial charge in [0.1, 0.15) is 18.0 Å². The molecule has 0 bridgehead atoms. The third-order valence-electron chi connectivity index (χ3n) is 6.30. The maximum atomic E-state index is 12.8. The van der Waals surface area contributed by atoms with Gasteiger partial charge in [-0.2, -0.15) is 4.37 Å². The number of ether oxygens (including phenoxy) is 3. The van der Waals surface area contributed by atoms with E-state index in [0.717, 1.165) is 48.8 Å². The van der Waals surface area contributed by atoms with Crippen molar-refractivity contribution in [3.8, 4) is 11.6 Å². The van der Waals surface area contributed by atoms with Crippen molar-refractivity contribution in [3.63, 3.8) is 0 Å². The molecule has 1 aliphatic heterocycles. The van der Waals surface area contributed by atoms with Gasteiger partial charge in [-0.15, -0.1) is 4.37 Å². The predicted octanol–water partition coefficient (Wildman–Crippen LogP) is 1.79. The first-order valence-corrected chi connectivity index (χ1v) is 13.0. The summed E-state index contributed by atoms with van der Waals surface area (Å²) < 4.78 is 26.4. The van der Waals surface area contributed by atoms with Crippen LogP contribution in [0.3, 0.4) is 0 Å². The summed E-state index contributed by atoms with van der Waals surface area (Å²) in [5, 5.41) is 0. The molecule has 10 heteroatoms. The van der Waals surface area contributed by atoms with Crippen LogP contribution in [-0.4, -0.2) is 58.1 Å². The van der Waals surface area contributed by atoms with Crippen molar-refractivity contribution in [2.75, 3.05) is 26.7 Å². The summed E-state index contributed by atoms with van der Waals surface area (Å²) in [5.41, 5.74) is 2.48. The summed E-state index contributed by atoms with van der Waals surface area (Å²) in [5.74, 6) is 0.189. The van der Waals surface area contributed by atoms with E-state index in [1.807, 2.05) is 6.92 Å². The number of hydrogen-bond donors (Lipinski definition) is 0. The molecule has 8 nitrogen and oxygen atoms in total. The van der Waals surface area contributed by atoms with E-state index in [-0.39, 0.29) is 42.6 Å². The summed E-state index contributed by atoms with van der Waals surface area (Å²) in [7, 11) is 2.09. The lowest BCUT2D eigenvalue weighted by atomic mass is 10.0. The summed E-state index contributed by atoms with van der Waals surface area (Å²) in [6.07, 6.45) is 7.24. The number of unbranched alkanes of at least 4 members (excludes halogenated alkanes) is 3. The number of rotatable bonds is 12. The van der Waals surface area contributed by atoms with Crippen LogP contribution in [0.4, 0.5) is 0 Å². The van der Waals surface area contributed by atoms with Gasteiger partial charge in [-0.3, -0.25) is 14.1 Å². The lowest BCUT2D eigenvalue weighted by Crippen LogP contribution is -3.00. The molecule has 2 atom stereocenters. The number of carbonyl (C=O) groups is 2. The topological polar surface area (TPSA) is 87.6 Å². The number of nitrogens with zero attached hydrogens (tertiary/aromatic N) is 3. The minimum absolute atomic E-state index is 0. The van der Waals surface area contributed by atoms with Gasteiger partial charge in [-0.25, -0.2) is 0 Å². The van der Waals surface area contributed by atoms with Crippen molar-refractivity contribution in [1.29, 1.82) is 0 Å². The summed E-state index contributed by atoms with van der Waals surface area (Å²) in [6.45, 7) is 7.59. The smallest absolute Gasteiger partial charge is 0.314 e. The van der Waals surface area contributed by atoms with Crippen LogP contribution in [-0.2, 0) is 20.7 Å². The van der Waals surface area contributed by atoms with Gasteiger partial charge in [-0.1, -0.05) is 50.5 Å². The van der Waals surface area contributed by atoms with Crippen LogP contribution >= 0.6 is 11.7 Å². The molecule has 2 heterocycles. The molecule has 1 aromatic heterocycles. The van der Waals surface area contributed by atoms with Gasteiger partial charge in [0.15, 0.2) is 0 Å². The Hall–Kier alpha value is -2.05. The molecule has 0 saturated carbocycles. The maximum Gasteiger partial charge on any atom is 0.314 e. The van der Waals surface area contributed by atoms with E-state index in [9.17, 15) is 9.59 Å². The Morgan fingerprint density at radius 1 is 1.17 bits per heavy atom. The average molecular weight is 630 g/mol. The average Bonchev–Trinajstić information content (AvgIpc) is 3.28. The predicted molar refractivity (Wildman–Crippen MR) is 135 cm³/mol. The number of para-hydroxylation sites is 1. The second-order valence-corrected chi connectivity index (χ2v) is 9.70. The fourth-order valence-corrected chi connectivity index (χ4v) is 4.67. The molecule has 0 radical (unpaired) electrons. The molecule has 198 valence electrons. The molecule has 2 unspecified atom stereocenters. The highest BCUT2D eigenvalue weighted by Crippen LogP contribution is 2.32. The lowest BCUT2D eigenvalue weighted by Gasteiger charge is -2.41. The van der Waals surface area contributed by atoms with E-state index in [1.54, 1.807) is 24.3 Å².